The molecule has 0 aromatic carbocycles. The van der Waals surface area contributed by atoms with E-state index in [0.29, 0.717) is 0 Å². The molecule has 6 nitrogen and oxygen atoms in total. The van der Waals surface area contributed by atoms with Crippen LogP contribution < -0.4 is 14.0 Å². The third kappa shape index (κ3) is 1330. The molecule has 9 heavy (non-hydrogen) atoms. The van der Waals surface area contributed by atoms with Crippen molar-refractivity contribution >= 4 is 29.3 Å². The number of hydrogen-bond donors (Lipinski definition) is 2. The van der Waals surface area contributed by atoms with Gasteiger partial charge in [0, 0.05) is 0 Å². The van der Waals surface area contributed by atoms with Crippen LogP contribution in [0.3, 0.4) is 0 Å². The normalized spacial score (nSPS) is 9.22. The maximum atomic E-state index is 9.07. The van der Waals surface area contributed by atoms with Crippen LogP contribution in [0.25, 0.3) is 0 Å². The molecule has 0 rings (SSSR count). The molecule has 0 aliphatic heterocycles. The molecule has 8 heteroatoms. The second-order valence-corrected chi connectivity index (χ2v) is 3.45. The first-order valence-corrected chi connectivity index (χ1v) is 4.86. The number of carbonyl (C=O) groups is 1. The zero-order valence-electron chi connectivity index (χ0n) is 3.98. The molecule has 0 unspecified atom stereocenters. The van der Waals surface area contributed by atoms with Crippen LogP contribution >= 0.6 is 0 Å². The van der Waals surface area contributed by atoms with Crippen LogP contribution in [0, 0.1) is 10.2 Å². The number of rotatable bonds is 0. The van der Waals surface area contributed by atoms with E-state index in [0.717, 1.165) is 0 Å². The molecule has 0 heterocycles. The maximum Gasteiger partial charge on any atom is 0.0777 e. The van der Waals surface area contributed by atoms with E-state index >= 15 is 0 Å². The first kappa shape index (κ1) is 12.2. The molecule has 0 aliphatic carbocycles. The molecule has 0 amide bonds. The van der Waals surface area contributed by atoms with Gasteiger partial charge in [-0.05, 0) is 0 Å². The average Bonchev–Trinajstić information content (AvgIpc) is 1.19. The van der Waals surface area contributed by atoms with E-state index in [-0.39, 0.29) is 25.8 Å². The van der Waals surface area contributed by atoms with Crippen molar-refractivity contribution in [3.05, 3.63) is 0 Å². The third-order valence-electron chi connectivity index (χ3n) is 0. The maximum absolute atomic E-state index is 9.07. The first-order valence-electron chi connectivity index (χ1n) is 1.35. The molecule has 0 bridgehead atoms. The molecule has 0 aliphatic rings. The van der Waals surface area contributed by atoms with Crippen molar-refractivity contribution in [2.24, 2.45) is 0 Å². The topological polar surface area (TPSA) is 127 Å². The summed E-state index contributed by atoms with van der Waals surface area (Å²) in [4.78, 5) is 9.07. The van der Waals surface area contributed by atoms with Gasteiger partial charge in [-0.15, -0.1) is 0 Å². The quantitative estimate of drug-likeness (QED) is 0.426. The van der Waals surface area contributed by atoms with Gasteiger partial charge in [-0.3, -0.25) is 0 Å². The Hall–Kier alpha value is 0.522. The Balaban J connectivity index is 0. The zero-order valence-corrected chi connectivity index (χ0v) is 9.23. The summed E-state index contributed by atoms with van der Waals surface area (Å²) >= 11 is 0.102. The fourth-order valence-corrected chi connectivity index (χ4v) is 0. The van der Waals surface area contributed by atoms with E-state index in [1.807, 2.05) is 0 Å². The minimum atomic E-state index is -4.69. The summed E-state index contributed by atoms with van der Waals surface area (Å²) in [6.07, 6.45) is 0. The Kier molecular flexibility index (Phi) is 7.22. The van der Waals surface area contributed by atoms with Crippen molar-refractivity contribution in [3.8, 4) is 0 Å². The van der Waals surface area contributed by atoms with E-state index in [4.69, 9.17) is 28.5 Å². The second-order valence-electron chi connectivity index (χ2n) is 0.734. The van der Waals surface area contributed by atoms with Crippen LogP contribution in [0.4, 0.5) is 4.79 Å². The van der Waals surface area contributed by atoms with E-state index in [1.165, 1.54) is 0 Å². The van der Waals surface area contributed by atoms with Gasteiger partial charge in [0.25, 0.3) is 0 Å². The van der Waals surface area contributed by atoms with Crippen molar-refractivity contribution in [1.29, 1.82) is 0 Å². The summed E-state index contributed by atoms with van der Waals surface area (Å²) < 4.78 is 32.1. The number of hydrogen-bond acceptors (Lipinski definition) is 5. The van der Waals surface area contributed by atoms with Crippen molar-refractivity contribution in [3.63, 3.8) is 0 Å². The van der Waals surface area contributed by atoms with Crippen molar-refractivity contribution < 1.29 is 38.8 Å². The molecule has 0 aromatic heterocycles. The van der Waals surface area contributed by atoms with Crippen LogP contribution in [-0.2, 0) is 0 Å². The van der Waals surface area contributed by atoms with Gasteiger partial charge < -0.3 is 0 Å². The molecular weight excluding hydrogens is 348 g/mol. The minimum absolute atomic E-state index is 0.102. The van der Waals surface area contributed by atoms with Gasteiger partial charge in [0.2, 0.25) is 0 Å². The van der Waals surface area contributed by atoms with Gasteiger partial charge in [0.1, 0.15) is 0 Å². The fourth-order valence-electron chi connectivity index (χ4n) is 0. The van der Waals surface area contributed by atoms with Crippen molar-refractivity contribution in [2.45, 2.75) is 0 Å². The van der Waals surface area contributed by atoms with Gasteiger partial charge in [0.05, 0.1) is 14.9 Å². The van der Waals surface area contributed by atoms with E-state index in [9.17, 15) is 0 Å². The monoisotopic (exact) mass is 350 g/mol. The number of halogens is 1. The smallest absolute Gasteiger partial charge is 0.0777 e. The summed E-state index contributed by atoms with van der Waals surface area (Å²) in [5, 5.41) is 7.49. The molecule has 0 saturated heterocycles. The Morgan fingerprint density at radius 2 is 1.44 bits per heavy atom. The van der Waals surface area contributed by atoms with E-state index in [2.05, 4.69) is 0 Å². The third-order valence-corrected chi connectivity index (χ3v) is 0. The Morgan fingerprint density at radius 3 is 1.44 bits per heavy atom. The molecule has 0 radical (unpaired) electrons. The Morgan fingerprint density at radius 1 is 1.44 bits per heavy atom. The Labute approximate surface area is 68.1 Å². The van der Waals surface area contributed by atoms with Gasteiger partial charge >= 0.3 is 39.2 Å². The largest absolute Gasteiger partial charge is 0.183 e. The van der Waals surface area contributed by atoms with Crippen molar-refractivity contribution in [2.75, 3.05) is 0 Å². The van der Waals surface area contributed by atoms with Crippen LogP contribution in [0.2, 0.25) is 0 Å². The van der Waals surface area contributed by atoms with E-state index in [1.54, 1.807) is 0 Å². The molecule has 0 fully saturated rings. The van der Waals surface area contributed by atoms with Gasteiger partial charge in [-0.25, -0.2) is 0 Å². The van der Waals surface area contributed by atoms with Crippen LogP contribution in [0.15, 0.2) is 0 Å². The summed E-state index contributed by atoms with van der Waals surface area (Å²) in [6.45, 7) is 0. The van der Waals surface area contributed by atoms with Crippen LogP contribution in [-0.4, -0.2) is 39.1 Å². The first-order chi connectivity index (χ1) is 3.73. The van der Waals surface area contributed by atoms with Gasteiger partial charge in [0.15, 0.2) is 0 Å². The zero-order chi connectivity index (χ0) is 8.08. The van der Waals surface area contributed by atoms with E-state index < -0.39 is 13.8 Å². The molecule has 0 atom stereocenters. The van der Waals surface area contributed by atoms with Gasteiger partial charge in [-0.1, -0.05) is 0 Å². The predicted molar refractivity (Wildman–Crippen MR) is 16.0 cm³/mol. The SMILES string of the molecule is O=[C](O)[Tl].[O-][Cl+3]([O-])([O-])O. The summed E-state index contributed by atoms with van der Waals surface area (Å²) in [6, 6.07) is 0. The molecule has 0 saturated carbocycles. The summed E-state index contributed by atoms with van der Waals surface area (Å²) in [5.41, 5.74) is 0. The molecule has 52 valence electrons. The van der Waals surface area contributed by atoms with Crippen LogP contribution in [0.5, 0.6) is 0 Å². The summed E-state index contributed by atoms with van der Waals surface area (Å²) in [7, 11) is -4.69. The molecule has 0 aromatic rings. The van der Waals surface area contributed by atoms with Crippen molar-refractivity contribution in [1.82, 2.24) is 0 Å². The van der Waals surface area contributed by atoms with Crippen LogP contribution in [0.1, 0.15) is 0 Å². The van der Waals surface area contributed by atoms with Gasteiger partial charge in [-0.2, -0.15) is 14.0 Å². The number of carboxylic acid groups (broad SMARTS) is 1. The predicted octanol–water partition coefficient (Wildman–Crippen LogP) is -4.29. The standard InChI is InChI=1S/CHO2.ClHO4.Tl/c2-1-3;2-1(3,4)5;/h(H,2,3);(H,2,3,4,5);. The molecule has 0 spiro atoms. The molecule has 2 N–H and O–H groups in total. The average molecular weight is 350 g/mol. The second kappa shape index (κ2) is 5.32. The minimum Gasteiger partial charge on any atom is -0.183 e. The molecular formula is CH2ClO6Tl. The Bertz CT molecular complexity index is 75.5. The summed E-state index contributed by atoms with van der Waals surface area (Å²) in [5.74, 6) is 0. The fraction of sp³-hybridized carbons (Fsp3) is 0.